The molecule has 1 fully saturated rings. The normalized spacial score (nSPS) is 15.0. The second kappa shape index (κ2) is 8.41. The molecule has 2 heterocycles. The smallest absolute Gasteiger partial charge is 0.186 e. The van der Waals surface area contributed by atoms with Gasteiger partial charge in [-0.05, 0) is 61.5 Å². The zero-order valence-corrected chi connectivity index (χ0v) is 18.6. The highest BCUT2D eigenvalue weighted by molar-refractivity contribution is 7.80. The molecule has 0 amide bonds. The summed E-state index contributed by atoms with van der Waals surface area (Å²) in [6.45, 7) is 5.60. The summed E-state index contributed by atoms with van der Waals surface area (Å²) in [5, 5.41) is 6.63. The fraction of sp³-hybridized carbons (Fsp3) is 0.300. The van der Waals surface area contributed by atoms with Crippen molar-refractivity contribution in [3.8, 4) is 0 Å². The van der Waals surface area contributed by atoms with Crippen molar-refractivity contribution in [3.05, 3.63) is 52.0 Å². The highest BCUT2D eigenvalue weighted by Crippen LogP contribution is 2.31. The molecule has 1 aliphatic rings. The molecule has 0 spiro atoms. The van der Waals surface area contributed by atoms with Crippen LogP contribution in [0, 0.1) is 6.92 Å². The number of aromatic nitrogens is 1. The summed E-state index contributed by atoms with van der Waals surface area (Å²) in [7, 11) is 0. The zero-order chi connectivity index (χ0) is 19.7. The second-order valence-electron chi connectivity index (χ2n) is 6.78. The predicted octanol–water partition coefficient (Wildman–Crippen LogP) is 5.82. The molecule has 2 aromatic carbocycles. The van der Waals surface area contributed by atoms with Crippen LogP contribution in [0.3, 0.4) is 0 Å². The van der Waals surface area contributed by atoms with E-state index in [0.29, 0.717) is 0 Å². The molecule has 28 heavy (non-hydrogen) atoms. The van der Waals surface area contributed by atoms with Crippen LogP contribution >= 0.6 is 46.8 Å². The fourth-order valence-corrected chi connectivity index (χ4v) is 5.03. The van der Waals surface area contributed by atoms with E-state index in [2.05, 4.69) is 15.1 Å². The molecular weight excluding hydrogens is 431 g/mol. The number of thiocarbonyl (C=S) groups is 1. The van der Waals surface area contributed by atoms with Gasteiger partial charge in [0.25, 0.3) is 0 Å². The van der Waals surface area contributed by atoms with Crippen molar-refractivity contribution in [2.24, 2.45) is 0 Å². The first-order chi connectivity index (χ1) is 13.5. The number of halogens is 2. The summed E-state index contributed by atoms with van der Waals surface area (Å²) in [4.78, 5) is 9.34. The Kier molecular flexibility index (Phi) is 5.92. The molecule has 0 aliphatic carbocycles. The lowest BCUT2D eigenvalue weighted by Gasteiger charge is -2.25. The van der Waals surface area contributed by atoms with Gasteiger partial charge in [0.05, 0.1) is 10.2 Å². The Balaban J connectivity index is 1.44. The Morgan fingerprint density at radius 1 is 1.14 bits per heavy atom. The third-order valence-electron chi connectivity index (χ3n) is 4.90. The Morgan fingerprint density at radius 3 is 2.86 bits per heavy atom. The summed E-state index contributed by atoms with van der Waals surface area (Å²) < 4.78 is 1.12. The van der Waals surface area contributed by atoms with Crippen LogP contribution in [-0.4, -0.2) is 41.2 Å². The summed E-state index contributed by atoms with van der Waals surface area (Å²) in [5.74, 6) is 0. The van der Waals surface area contributed by atoms with Crippen LogP contribution in [0.2, 0.25) is 10.0 Å². The number of nitrogens with zero attached hydrogens (tertiary/aromatic N) is 3. The van der Waals surface area contributed by atoms with Crippen molar-refractivity contribution < 1.29 is 0 Å². The molecule has 4 rings (SSSR count). The van der Waals surface area contributed by atoms with Gasteiger partial charge in [-0.3, -0.25) is 0 Å². The maximum absolute atomic E-state index is 6.22. The second-order valence-corrected chi connectivity index (χ2v) is 9.02. The van der Waals surface area contributed by atoms with Gasteiger partial charge in [-0.25, -0.2) is 4.98 Å². The minimum absolute atomic E-state index is 0.739. The third kappa shape index (κ3) is 4.20. The zero-order valence-electron chi connectivity index (χ0n) is 15.4. The van der Waals surface area contributed by atoms with E-state index in [1.54, 1.807) is 11.3 Å². The standard InChI is InChI=1S/C20H20Cl2N4S2/c1-13-15(22)4-2-5-16(13)23-19(27)25-8-3-9-26(11-10-25)20-24-17-7-6-14(21)12-18(17)28-20/h2,4-7,12H,3,8-11H2,1H3,(H,23,27). The molecule has 1 aromatic heterocycles. The van der Waals surface area contributed by atoms with E-state index in [1.807, 2.05) is 43.3 Å². The van der Waals surface area contributed by atoms with Crippen molar-refractivity contribution in [1.82, 2.24) is 9.88 Å². The molecule has 8 heteroatoms. The number of anilines is 2. The molecule has 0 radical (unpaired) electrons. The van der Waals surface area contributed by atoms with E-state index in [0.717, 1.165) is 74.4 Å². The molecule has 146 valence electrons. The monoisotopic (exact) mass is 450 g/mol. The summed E-state index contributed by atoms with van der Waals surface area (Å²) >= 11 is 19.7. The van der Waals surface area contributed by atoms with E-state index in [9.17, 15) is 0 Å². The lowest BCUT2D eigenvalue weighted by molar-refractivity contribution is 0.455. The fourth-order valence-electron chi connectivity index (χ4n) is 3.27. The number of thiazole rings is 1. The van der Waals surface area contributed by atoms with E-state index in [4.69, 9.17) is 40.4 Å². The highest BCUT2D eigenvalue weighted by Gasteiger charge is 2.20. The number of benzene rings is 2. The number of nitrogens with one attached hydrogen (secondary N) is 1. The van der Waals surface area contributed by atoms with Crippen molar-refractivity contribution >= 4 is 72.9 Å². The van der Waals surface area contributed by atoms with Crippen molar-refractivity contribution in [2.45, 2.75) is 13.3 Å². The molecule has 1 saturated heterocycles. The molecule has 0 atom stereocenters. The van der Waals surface area contributed by atoms with E-state index in [-0.39, 0.29) is 0 Å². The van der Waals surface area contributed by atoms with Gasteiger partial charge < -0.3 is 15.1 Å². The van der Waals surface area contributed by atoms with Gasteiger partial charge in [0.15, 0.2) is 10.2 Å². The van der Waals surface area contributed by atoms with Gasteiger partial charge in [-0.15, -0.1) is 0 Å². The minimum atomic E-state index is 0.739. The SMILES string of the molecule is Cc1c(Cl)cccc1NC(=S)N1CCCN(c2nc3ccc(Cl)cc3s2)CC1. The molecule has 4 nitrogen and oxygen atoms in total. The Labute approximate surface area is 184 Å². The molecule has 0 saturated carbocycles. The number of rotatable bonds is 2. The topological polar surface area (TPSA) is 31.4 Å². The van der Waals surface area contributed by atoms with E-state index >= 15 is 0 Å². The maximum atomic E-state index is 6.22. The average Bonchev–Trinajstić information content (AvgIpc) is 2.92. The first-order valence-electron chi connectivity index (χ1n) is 9.13. The molecule has 1 aliphatic heterocycles. The molecular formula is C20H20Cl2N4S2. The highest BCUT2D eigenvalue weighted by atomic mass is 35.5. The summed E-state index contributed by atoms with van der Waals surface area (Å²) in [5.41, 5.74) is 2.97. The minimum Gasteiger partial charge on any atom is -0.347 e. The van der Waals surface area contributed by atoms with Gasteiger partial charge >= 0.3 is 0 Å². The first kappa shape index (κ1) is 19.7. The van der Waals surface area contributed by atoms with Crippen LogP contribution in [0.5, 0.6) is 0 Å². The lowest BCUT2D eigenvalue weighted by atomic mass is 10.2. The number of hydrogen-bond donors (Lipinski definition) is 1. The summed E-state index contributed by atoms with van der Waals surface area (Å²) in [6, 6.07) is 11.7. The van der Waals surface area contributed by atoms with Crippen molar-refractivity contribution in [3.63, 3.8) is 0 Å². The largest absolute Gasteiger partial charge is 0.347 e. The van der Waals surface area contributed by atoms with Gasteiger partial charge in [0.1, 0.15) is 0 Å². The average molecular weight is 451 g/mol. The van der Waals surface area contributed by atoms with Crippen LogP contribution in [0.25, 0.3) is 10.2 Å². The van der Waals surface area contributed by atoms with Crippen LogP contribution in [0.1, 0.15) is 12.0 Å². The van der Waals surface area contributed by atoms with Gasteiger partial charge in [0, 0.05) is 41.9 Å². The summed E-state index contributed by atoms with van der Waals surface area (Å²) in [6.07, 6.45) is 1.02. The van der Waals surface area contributed by atoms with Crippen LogP contribution in [0.15, 0.2) is 36.4 Å². The first-order valence-corrected chi connectivity index (χ1v) is 11.1. The number of hydrogen-bond acceptors (Lipinski definition) is 4. The van der Waals surface area contributed by atoms with E-state index < -0.39 is 0 Å². The third-order valence-corrected chi connectivity index (χ3v) is 6.99. The van der Waals surface area contributed by atoms with Crippen LogP contribution < -0.4 is 10.2 Å². The molecule has 0 unspecified atom stereocenters. The Morgan fingerprint density at radius 2 is 2.00 bits per heavy atom. The van der Waals surface area contributed by atoms with Crippen molar-refractivity contribution in [1.29, 1.82) is 0 Å². The van der Waals surface area contributed by atoms with Crippen molar-refractivity contribution in [2.75, 3.05) is 36.4 Å². The molecule has 3 aromatic rings. The van der Waals surface area contributed by atoms with Gasteiger partial charge in [-0.1, -0.05) is 40.6 Å². The molecule has 1 N–H and O–H groups in total. The quantitative estimate of drug-likeness (QED) is 0.497. The maximum Gasteiger partial charge on any atom is 0.186 e. The van der Waals surface area contributed by atoms with Crippen LogP contribution in [0.4, 0.5) is 10.8 Å². The predicted molar refractivity (Wildman–Crippen MR) is 125 cm³/mol. The Hall–Kier alpha value is -1.60. The van der Waals surface area contributed by atoms with Gasteiger partial charge in [-0.2, -0.15) is 0 Å². The lowest BCUT2D eigenvalue weighted by Crippen LogP contribution is -2.38. The number of fused-ring (bicyclic) bond motifs is 1. The van der Waals surface area contributed by atoms with Gasteiger partial charge in [0.2, 0.25) is 0 Å². The van der Waals surface area contributed by atoms with Crippen LogP contribution in [-0.2, 0) is 0 Å². The van der Waals surface area contributed by atoms with E-state index in [1.165, 1.54) is 0 Å². The molecule has 0 bridgehead atoms. The Bertz CT molecular complexity index is 1020.